The molecule has 0 spiro atoms. The van der Waals surface area contributed by atoms with Gasteiger partial charge < -0.3 is 4.90 Å². The summed E-state index contributed by atoms with van der Waals surface area (Å²) in [5.74, 6) is 0.283. The van der Waals surface area contributed by atoms with Crippen LogP contribution in [-0.2, 0) is 21.7 Å². The van der Waals surface area contributed by atoms with Crippen molar-refractivity contribution in [3.05, 3.63) is 202 Å². The molecule has 1 nitrogen and oxygen atoms in total. The first-order valence-corrected chi connectivity index (χ1v) is 20.9. The van der Waals surface area contributed by atoms with Gasteiger partial charge in [0.1, 0.15) is 0 Å². The summed E-state index contributed by atoms with van der Waals surface area (Å²) in [6, 6.07) is 50.9. The van der Waals surface area contributed by atoms with Crippen molar-refractivity contribution in [2.24, 2.45) is 5.92 Å². The number of anilines is 2. The quantitative estimate of drug-likeness (QED) is 0.164. The molecule has 0 saturated carbocycles. The zero-order valence-electron chi connectivity index (χ0n) is 34.5. The van der Waals surface area contributed by atoms with Crippen LogP contribution < -0.4 is 4.90 Å². The monoisotopic (exact) mass is 737 g/mol. The van der Waals surface area contributed by atoms with E-state index in [1.807, 2.05) is 0 Å². The largest absolute Gasteiger partial charge is 0.328 e. The van der Waals surface area contributed by atoms with E-state index in [2.05, 4.69) is 218 Å². The maximum atomic E-state index is 2.63. The van der Waals surface area contributed by atoms with Crippen molar-refractivity contribution in [1.82, 2.24) is 0 Å². The van der Waals surface area contributed by atoms with Crippen LogP contribution in [0.1, 0.15) is 88.8 Å². The molecule has 1 aliphatic heterocycles. The Morgan fingerprint density at radius 2 is 1.00 bits per heavy atom. The first-order valence-electron chi connectivity index (χ1n) is 20.9. The summed E-state index contributed by atoms with van der Waals surface area (Å²) in [7, 11) is 0. The molecule has 6 aromatic carbocycles. The maximum Gasteiger partial charge on any atom is 0.0833 e. The van der Waals surface area contributed by atoms with E-state index in [9.17, 15) is 0 Å². The Kier molecular flexibility index (Phi) is 6.83. The zero-order valence-corrected chi connectivity index (χ0v) is 34.5. The highest BCUT2D eigenvalue weighted by Gasteiger charge is 2.57. The van der Waals surface area contributed by atoms with E-state index in [-0.39, 0.29) is 33.1 Å². The maximum absolute atomic E-state index is 2.63. The zero-order chi connectivity index (χ0) is 39.3. The summed E-state index contributed by atoms with van der Waals surface area (Å²) < 4.78 is 0. The smallest absolute Gasteiger partial charge is 0.0833 e. The standard InChI is InChI=1S/C56H51N/c1-35-29-30-55(7)46-19-13-14-20-49(46)57(39-25-21-36(22-26-39)37-23-27-42-40-15-9-11-17-44(40)52(2,3)47(42)33-37)56(8)32-31-54(6,50(35)51(55)56)38-24-28-43-41-16-10-12-18-45(41)53(4,5)48(43)34-38/h9-35H,1-8H3. The van der Waals surface area contributed by atoms with Crippen LogP contribution in [0.2, 0.25) is 0 Å². The second kappa shape index (κ2) is 11.3. The lowest BCUT2D eigenvalue weighted by atomic mass is 9.52. The second-order valence-electron chi connectivity index (χ2n) is 19.1. The number of nitrogens with zero attached hydrogens (tertiary/aromatic N) is 1. The normalized spacial score (nSPS) is 26.3. The molecule has 4 atom stereocenters. The van der Waals surface area contributed by atoms with Crippen molar-refractivity contribution >= 4 is 11.4 Å². The van der Waals surface area contributed by atoms with Gasteiger partial charge in [-0.1, -0.05) is 168 Å². The third kappa shape index (κ3) is 4.36. The SMILES string of the molecule is CC1C=CC2(C)C3=C1C(C)(c1ccc4c(c1)C(C)(C)c1ccccc1-4)C=CC3(C)N(c1ccc(-c3ccc4c(c3)C(C)(C)c3ccccc3-4)cc1)c1ccccc12. The lowest BCUT2D eigenvalue weighted by Gasteiger charge is -2.59. The molecule has 0 bridgehead atoms. The van der Waals surface area contributed by atoms with Crippen LogP contribution in [0.5, 0.6) is 0 Å². The molecule has 57 heavy (non-hydrogen) atoms. The van der Waals surface area contributed by atoms with Gasteiger partial charge in [-0.05, 0) is 129 Å². The van der Waals surface area contributed by atoms with E-state index in [4.69, 9.17) is 0 Å². The molecule has 0 radical (unpaired) electrons. The summed E-state index contributed by atoms with van der Waals surface area (Å²) in [6.45, 7) is 19.4. The molecule has 280 valence electrons. The van der Waals surface area contributed by atoms with E-state index in [1.54, 1.807) is 0 Å². The van der Waals surface area contributed by atoms with Gasteiger partial charge in [-0.2, -0.15) is 0 Å². The van der Waals surface area contributed by atoms with E-state index < -0.39 is 0 Å². The van der Waals surface area contributed by atoms with Crippen LogP contribution >= 0.6 is 0 Å². The Balaban J connectivity index is 1.04. The Hall–Kier alpha value is -5.66. The molecular formula is C56H51N. The van der Waals surface area contributed by atoms with Gasteiger partial charge in [0.05, 0.1) is 5.54 Å². The van der Waals surface area contributed by atoms with Gasteiger partial charge in [-0.15, -0.1) is 0 Å². The first kappa shape index (κ1) is 34.6. The van der Waals surface area contributed by atoms with Crippen molar-refractivity contribution in [2.45, 2.75) is 82.6 Å². The Bertz CT molecular complexity index is 2810. The van der Waals surface area contributed by atoms with Crippen LogP contribution in [0.25, 0.3) is 33.4 Å². The molecule has 4 aliphatic carbocycles. The molecule has 5 aliphatic rings. The van der Waals surface area contributed by atoms with Gasteiger partial charge in [0.15, 0.2) is 0 Å². The molecular weight excluding hydrogens is 687 g/mol. The highest BCUT2D eigenvalue weighted by Crippen LogP contribution is 2.63. The Morgan fingerprint density at radius 3 is 1.67 bits per heavy atom. The van der Waals surface area contributed by atoms with Gasteiger partial charge in [0.25, 0.3) is 0 Å². The molecule has 0 fully saturated rings. The molecule has 0 N–H and O–H groups in total. The molecule has 1 heterocycles. The molecule has 1 heteroatoms. The van der Waals surface area contributed by atoms with Crippen LogP contribution in [-0.4, -0.2) is 5.54 Å². The van der Waals surface area contributed by atoms with Crippen molar-refractivity contribution < 1.29 is 0 Å². The summed E-state index contributed by atoms with van der Waals surface area (Å²) >= 11 is 0. The number of rotatable bonds is 3. The van der Waals surface area contributed by atoms with Gasteiger partial charge in [-0.3, -0.25) is 0 Å². The topological polar surface area (TPSA) is 3.24 Å². The van der Waals surface area contributed by atoms with Crippen LogP contribution in [0, 0.1) is 5.92 Å². The number of fused-ring (bicyclic) bond motifs is 8. The Labute approximate surface area is 339 Å². The third-order valence-corrected chi connectivity index (χ3v) is 15.2. The van der Waals surface area contributed by atoms with E-state index in [0.29, 0.717) is 0 Å². The van der Waals surface area contributed by atoms with E-state index in [1.165, 1.54) is 89.3 Å². The van der Waals surface area contributed by atoms with Gasteiger partial charge in [-0.25, -0.2) is 0 Å². The molecule has 0 amide bonds. The summed E-state index contributed by atoms with van der Waals surface area (Å²) in [4.78, 5) is 2.63. The van der Waals surface area contributed by atoms with Crippen LogP contribution in [0.4, 0.5) is 11.4 Å². The molecule has 6 aromatic rings. The molecule has 0 saturated heterocycles. The first-order chi connectivity index (χ1) is 27.3. The summed E-state index contributed by atoms with van der Waals surface area (Å²) in [6.07, 6.45) is 10.1. The lowest BCUT2D eigenvalue weighted by Crippen LogP contribution is -2.58. The fraction of sp³-hybridized carbons (Fsp3) is 0.250. The molecule has 4 unspecified atom stereocenters. The van der Waals surface area contributed by atoms with E-state index in [0.717, 1.165) is 0 Å². The highest BCUT2D eigenvalue weighted by atomic mass is 15.2. The van der Waals surface area contributed by atoms with Crippen LogP contribution in [0.15, 0.2) is 169 Å². The van der Waals surface area contributed by atoms with Crippen molar-refractivity contribution in [1.29, 1.82) is 0 Å². The molecule has 0 aromatic heterocycles. The number of hydrogen-bond donors (Lipinski definition) is 0. The minimum atomic E-state index is -0.381. The predicted molar refractivity (Wildman–Crippen MR) is 240 cm³/mol. The fourth-order valence-corrected chi connectivity index (χ4v) is 12.2. The van der Waals surface area contributed by atoms with Crippen molar-refractivity contribution in [3.8, 4) is 33.4 Å². The lowest BCUT2D eigenvalue weighted by molar-refractivity contribution is 0.440. The van der Waals surface area contributed by atoms with Crippen molar-refractivity contribution in [3.63, 3.8) is 0 Å². The summed E-state index contributed by atoms with van der Waals surface area (Å²) in [5, 5.41) is 0. The average Bonchev–Trinajstić information content (AvgIpc) is 3.59. The minimum Gasteiger partial charge on any atom is -0.328 e. The number of allylic oxidation sites excluding steroid dienone is 4. The van der Waals surface area contributed by atoms with Gasteiger partial charge >= 0.3 is 0 Å². The van der Waals surface area contributed by atoms with Gasteiger partial charge in [0.2, 0.25) is 0 Å². The van der Waals surface area contributed by atoms with Crippen molar-refractivity contribution in [2.75, 3.05) is 4.90 Å². The number of para-hydroxylation sites is 1. The predicted octanol–water partition coefficient (Wildman–Crippen LogP) is 14.2. The molecule has 11 rings (SSSR count). The second-order valence-corrected chi connectivity index (χ2v) is 19.1. The number of benzene rings is 6. The third-order valence-electron chi connectivity index (χ3n) is 15.2. The number of hydrogen-bond acceptors (Lipinski definition) is 1. The minimum absolute atomic E-state index is 0.0273. The van der Waals surface area contributed by atoms with Gasteiger partial charge in [0, 0.05) is 33.0 Å². The fourth-order valence-electron chi connectivity index (χ4n) is 12.2. The van der Waals surface area contributed by atoms with Crippen LogP contribution in [0.3, 0.4) is 0 Å². The highest BCUT2D eigenvalue weighted by molar-refractivity contribution is 5.86. The Morgan fingerprint density at radius 1 is 0.456 bits per heavy atom. The van der Waals surface area contributed by atoms with E-state index >= 15 is 0 Å². The average molecular weight is 738 g/mol. The summed E-state index contributed by atoms with van der Waals surface area (Å²) in [5.41, 5.74) is 21.0.